The molecule has 2 atom stereocenters. The lowest BCUT2D eigenvalue weighted by atomic mass is 10.0. The molecule has 0 N–H and O–H groups in total. The molecule has 2 unspecified atom stereocenters. The topological polar surface area (TPSA) is 55.9 Å². The van der Waals surface area contributed by atoms with Crippen LogP contribution in [0.1, 0.15) is 13.3 Å². The van der Waals surface area contributed by atoms with E-state index in [4.69, 9.17) is 0 Å². The lowest BCUT2D eigenvalue weighted by Gasteiger charge is -2.25. The maximum absolute atomic E-state index is 4.67. The molecule has 0 fully saturated rings. The van der Waals surface area contributed by atoms with Gasteiger partial charge in [0.15, 0.2) is 12.3 Å². The summed E-state index contributed by atoms with van der Waals surface area (Å²) in [7, 11) is 4.15. The van der Waals surface area contributed by atoms with E-state index in [1.807, 2.05) is 0 Å². The largest absolute Gasteiger partial charge is 0.359 e. The molecule has 6 heteroatoms. The number of aliphatic imine (C=N–C) groups is 2. The van der Waals surface area contributed by atoms with Gasteiger partial charge in [-0.3, -0.25) is 0 Å². The van der Waals surface area contributed by atoms with Crippen molar-refractivity contribution in [1.29, 1.82) is 0 Å². The van der Waals surface area contributed by atoms with Crippen molar-refractivity contribution in [2.24, 2.45) is 26.1 Å². The van der Waals surface area contributed by atoms with Crippen molar-refractivity contribution in [1.82, 2.24) is 9.80 Å². The van der Waals surface area contributed by atoms with Gasteiger partial charge in [0.05, 0.1) is 19.0 Å². The third-order valence-corrected chi connectivity index (χ3v) is 3.58. The molecule has 3 heterocycles. The molecule has 0 radical (unpaired) electrons. The number of nitrogens with zero attached hydrogens (tertiary/aromatic N) is 6. The van der Waals surface area contributed by atoms with Crippen molar-refractivity contribution in [3.8, 4) is 0 Å². The molecule has 17 heavy (non-hydrogen) atoms. The number of likely N-dealkylation sites (N-methyl/N-ethyl adjacent to an activating group) is 2. The molecule has 3 rings (SSSR count). The average Bonchev–Trinajstić information content (AvgIpc) is 2.84. The second-order valence-corrected chi connectivity index (χ2v) is 4.89. The highest BCUT2D eigenvalue weighted by atomic mass is 15.4. The van der Waals surface area contributed by atoms with E-state index < -0.39 is 0 Å². The Hall–Kier alpha value is -1.46. The minimum atomic E-state index is -0.0236. The number of hydrogen-bond acceptors (Lipinski definition) is 6. The van der Waals surface area contributed by atoms with Crippen LogP contribution in [-0.2, 0) is 0 Å². The molecular weight excluding hydrogens is 216 g/mol. The molecule has 0 aromatic heterocycles. The lowest BCUT2D eigenvalue weighted by Crippen LogP contribution is -2.39. The van der Waals surface area contributed by atoms with E-state index in [1.165, 1.54) is 0 Å². The molecular formula is C11H18N6. The van der Waals surface area contributed by atoms with Gasteiger partial charge < -0.3 is 9.80 Å². The SMILES string of the molecule is CCC1C2=NC(CN2C)/N=N\C2CN(C)C1=N2. The average molecular weight is 234 g/mol. The predicted octanol–water partition coefficient (Wildman–Crippen LogP) is 0.818. The summed E-state index contributed by atoms with van der Waals surface area (Å²) >= 11 is 0. The van der Waals surface area contributed by atoms with Gasteiger partial charge in [-0.1, -0.05) is 6.92 Å². The summed E-state index contributed by atoms with van der Waals surface area (Å²) in [5, 5.41) is 8.60. The van der Waals surface area contributed by atoms with Crippen molar-refractivity contribution in [3.05, 3.63) is 0 Å². The highest BCUT2D eigenvalue weighted by molar-refractivity contribution is 6.06. The minimum Gasteiger partial charge on any atom is -0.359 e. The Morgan fingerprint density at radius 2 is 1.47 bits per heavy atom. The standard InChI is InChI=1S/C11H18N6/c1-4-7-10-12-8(5-16(10)2)14-15-9-6-17(3)11(7)13-9/h7-9H,4-6H2,1-3H3/b15-14-. The highest BCUT2D eigenvalue weighted by Gasteiger charge is 2.36. The highest BCUT2D eigenvalue weighted by Crippen LogP contribution is 2.25. The number of hydrogen-bond donors (Lipinski definition) is 0. The van der Waals surface area contributed by atoms with Gasteiger partial charge >= 0.3 is 0 Å². The van der Waals surface area contributed by atoms with E-state index in [9.17, 15) is 0 Å². The van der Waals surface area contributed by atoms with Gasteiger partial charge in [0.1, 0.15) is 11.7 Å². The van der Waals surface area contributed by atoms with Gasteiger partial charge in [0.25, 0.3) is 0 Å². The molecule has 6 nitrogen and oxygen atoms in total. The fourth-order valence-electron chi connectivity index (χ4n) is 2.73. The van der Waals surface area contributed by atoms with Crippen molar-refractivity contribution in [3.63, 3.8) is 0 Å². The summed E-state index contributed by atoms with van der Waals surface area (Å²) < 4.78 is 0. The summed E-state index contributed by atoms with van der Waals surface area (Å²) in [6.45, 7) is 3.88. The van der Waals surface area contributed by atoms with Crippen LogP contribution in [0.2, 0.25) is 0 Å². The maximum Gasteiger partial charge on any atom is 0.179 e. The Morgan fingerprint density at radius 1 is 1.00 bits per heavy atom. The van der Waals surface area contributed by atoms with E-state index in [0.29, 0.717) is 5.92 Å². The monoisotopic (exact) mass is 234 g/mol. The number of azo groups is 1. The second-order valence-electron chi connectivity index (χ2n) is 4.89. The van der Waals surface area contributed by atoms with Gasteiger partial charge in [0.2, 0.25) is 0 Å². The van der Waals surface area contributed by atoms with E-state index in [0.717, 1.165) is 31.2 Å². The van der Waals surface area contributed by atoms with Crippen LogP contribution in [0, 0.1) is 5.92 Å². The lowest BCUT2D eigenvalue weighted by molar-refractivity contribution is 0.471. The van der Waals surface area contributed by atoms with Crippen molar-refractivity contribution in [2.75, 3.05) is 27.2 Å². The Kier molecular flexibility index (Phi) is 2.38. The zero-order valence-corrected chi connectivity index (χ0v) is 10.5. The van der Waals surface area contributed by atoms with Gasteiger partial charge in [0, 0.05) is 14.1 Å². The van der Waals surface area contributed by atoms with Crippen LogP contribution in [0.25, 0.3) is 0 Å². The smallest absolute Gasteiger partial charge is 0.179 e. The van der Waals surface area contributed by atoms with Crippen LogP contribution in [-0.4, -0.2) is 61.0 Å². The summed E-state index contributed by atoms with van der Waals surface area (Å²) in [6.07, 6.45) is 0.972. The molecule has 4 bridgehead atoms. The summed E-state index contributed by atoms with van der Waals surface area (Å²) in [6, 6.07) is 0. The molecule has 92 valence electrons. The van der Waals surface area contributed by atoms with Gasteiger partial charge in [-0.05, 0) is 6.42 Å². The van der Waals surface area contributed by atoms with Crippen molar-refractivity contribution >= 4 is 11.7 Å². The maximum atomic E-state index is 4.67. The Balaban J connectivity index is 2.03. The Labute approximate surface area is 101 Å². The van der Waals surface area contributed by atoms with Crippen LogP contribution < -0.4 is 0 Å². The van der Waals surface area contributed by atoms with Crippen LogP contribution >= 0.6 is 0 Å². The van der Waals surface area contributed by atoms with Crippen molar-refractivity contribution in [2.45, 2.75) is 25.7 Å². The first-order chi connectivity index (χ1) is 8.19. The molecule has 0 saturated heterocycles. The third-order valence-electron chi connectivity index (χ3n) is 3.58. The van der Waals surface area contributed by atoms with Gasteiger partial charge in [-0.2, -0.15) is 10.2 Å². The molecule has 3 aliphatic rings. The van der Waals surface area contributed by atoms with E-state index in [-0.39, 0.29) is 12.3 Å². The number of amidine groups is 2. The zero-order valence-electron chi connectivity index (χ0n) is 10.5. The fraction of sp³-hybridized carbons (Fsp3) is 0.818. The fourth-order valence-corrected chi connectivity index (χ4v) is 2.73. The summed E-state index contributed by atoms with van der Waals surface area (Å²) in [5.74, 6) is 2.53. The summed E-state index contributed by atoms with van der Waals surface area (Å²) in [4.78, 5) is 13.7. The summed E-state index contributed by atoms with van der Waals surface area (Å²) in [5.41, 5.74) is 0. The van der Waals surface area contributed by atoms with Crippen LogP contribution in [0.3, 0.4) is 0 Å². The molecule has 0 amide bonds. The first-order valence-electron chi connectivity index (χ1n) is 6.16. The van der Waals surface area contributed by atoms with E-state index in [1.54, 1.807) is 0 Å². The van der Waals surface area contributed by atoms with Crippen LogP contribution in [0.5, 0.6) is 0 Å². The molecule has 3 aliphatic heterocycles. The Bertz CT molecular complexity index is 376. The molecule has 0 aromatic carbocycles. The second kappa shape index (κ2) is 3.78. The third kappa shape index (κ3) is 1.62. The molecule has 0 spiro atoms. The first-order valence-corrected chi connectivity index (χ1v) is 6.16. The van der Waals surface area contributed by atoms with Crippen LogP contribution in [0.15, 0.2) is 20.2 Å². The molecule has 0 aromatic rings. The normalized spacial score (nSPS) is 37.2. The van der Waals surface area contributed by atoms with Crippen molar-refractivity contribution < 1.29 is 0 Å². The first kappa shape index (κ1) is 10.7. The quantitative estimate of drug-likeness (QED) is 0.674. The molecule has 0 aliphatic carbocycles. The Morgan fingerprint density at radius 3 is 1.88 bits per heavy atom. The number of rotatable bonds is 1. The predicted molar refractivity (Wildman–Crippen MR) is 66.3 cm³/mol. The van der Waals surface area contributed by atoms with Gasteiger partial charge in [-0.15, -0.1) is 0 Å². The number of fused-ring (bicyclic) bond motifs is 2. The van der Waals surface area contributed by atoms with Gasteiger partial charge in [-0.25, -0.2) is 9.98 Å². The minimum absolute atomic E-state index is 0.0236. The van der Waals surface area contributed by atoms with Crippen LogP contribution in [0.4, 0.5) is 0 Å². The zero-order chi connectivity index (χ0) is 12.0. The van der Waals surface area contributed by atoms with E-state index >= 15 is 0 Å². The molecule has 0 saturated carbocycles. The van der Waals surface area contributed by atoms with E-state index in [2.05, 4.69) is 51.0 Å².